The molecule has 0 saturated carbocycles. The summed E-state index contributed by atoms with van der Waals surface area (Å²) in [7, 11) is 0. The summed E-state index contributed by atoms with van der Waals surface area (Å²) in [6.07, 6.45) is 2.10. The molecule has 1 aliphatic rings. The number of thiol groups is 1. The van der Waals surface area contributed by atoms with E-state index < -0.39 is 0 Å². The zero-order valence-corrected chi connectivity index (χ0v) is 8.67. The smallest absolute Gasteiger partial charge is 0.156 e. The van der Waals surface area contributed by atoms with Crippen LogP contribution in [-0.2, 0) is 4.74 Å². The zero-order valence-electron chi connectivity index (χ0n) is 7.78. The van der Waals surface area contributed by atoms with Crippen LogP contribution in [0.2, 0.25) is 0 Å². The molecule has 0 spiro atoms. The van der Waals surface area contributed by atoms with Crippen molar-refractivity contribution < 1.29 is 4.74 Å². The molecule has 1 aliphatic heterocycles. The van der Waals surface area contributed by atoms with Gasteiger partial charge in [0.15, 0.2) is 6.10 Å². The van der Waals surface area contributed by atoms with Gasteiger partial charge >= 0.3 is 0 Å². The van der Waals surface area contributed by atoms with E-state index in [9.17, 15) is 0 Å². The maximum absolute atomic E-state index is 8.67. The third-order valence-corrected chi connectivity index (χ3v) is 2.49. The van der Waals surface area contributed by atoms with E-state index in [0.717, 1.165) is 31.8 Å². The second-order valence-corrected chi connectivity index (χ2v) is 3.67. The fraction of sp³-hybridized carbons (Fsp3) is 0.889. The molecule has 0 amide bonds. The Labute approximate surface area is 85.1 Å². The van der Waals surface area contributed by atoms with Crippen molar-refractivity contribution in [2.75, 3.05) is 32.0 Å². The standard InChI is InChI=1S/C9H16N2OS/c10-7-9-8-11(4-5-12-9)3-1-2-6-13/h9,13H,1-6,8H2. The van der Waals surface area contributed by atoms with E-state index in [0.29, 0.717) is 6.61 Å². The Hall–Kier alpha value is -0.240. The van der Waals surface area contributed by atoms with Crippen LogP contribution in [0, 0.1) is 11.3 Å². The highest BCUT2D eigenvalue weighted by molar-refractivity contribution is 7.80. The normalized spacial score (nSPS) is 24.2. The van der Waals surface area contributed by atoms with Crippen molar-refractivity contribution >= 4 is 12.6 Å². The Morgan fingerprint density at radius 2 is 2.38 bits per heavy atom. The van der Waals surface area contributed by atoms with E-state index in [1.165, 1.54) is 6.42 Å². The highest BCUT2D eigenvalue weighted by atomic mass is 32.1. The Morgan fingerprint density at radius 3 is 3.08 bits per heavy atom. The molecule has 1 fully saturated rings. The van der Waals surface area contributed by atoms with Gasteiger partial charge < -0.3 is 4.74 Å². The summed E-state index contributed by atoms with van der Waals surface area (Å²) in [5, 5.41) is 8.67. The predicted molar refractivity (Wildman–Crippen MR) is 54.9 cm³/mol. The fourth-order valence-electron chi connectivity index (χ4n) is 1.43. The number of nitrogens with zero attached hydrogens (tertiary/aromatic N) is 2. The molecule has 0 aromatic rings. The Bertz CT molecular complexity index is 181. The lowest BCUT2D eigenvalue weighted by atomic mass is 10.2. The van der Waals surface area contributed by atoms with E-state index in [1.807, 2.05) is 0 Å². The first-order chi connectivity index (χ1) is 6.36. The monoisotopic (exact) mass is 200 g/mol. The number of rotatable bonds is 4. The van der Waals surface area contributed by atoms with Crippen LogP contribution in [0.4, 0.5) is 0 Å². The molecule has 0 N–H and O–H groups in total. The van der Waals surface area contributed by atoms with Crippen molar-refractivity contribution in [1.29, 1.82) is 5.26 Å². The number of nitriles is 1. The first kappa shape index (κ1) is 10.8. The number of ether oxygens (including phenoxy) is 1. The molecule has 1 rings (SSSR count). The molecule has 13 heavy (non-hydrogen) atoms. The van der Waals surface area contributed by atoms with E-state index >= 15 is 0 Å². The van der Waals surface area contributed by atoms with Gasteiger partial charge in [0.1, 0.15) is 0 Å². The van der Waals surface area contributed by atoms with Gasteiger partial charge in [0.2, 0.25) is 0 Å². The Morgan fingerprint density at radius 1 is 1.54 bits per heavy atom. The minimum Gasteiger partial charge on any atom is -0.361 e. The summed E-state index contributed by atoms with van der Waals surface area (Å²) in [5.41, 5.74) is 0. The highest BCUT2D eigenvalue weighted by Crippen LogP contribution is 2.05. The van der Waals surface area contributed by atoms with E-state index in [1.54, 1.807) is 0 Å². The van der Waals surface area contributed by atoms with Crippen LogP contribution in [-0.4, -0.2) is 43.0 Å². The average molecular weight is 200 g/mol. The molecule has 1 saturated heterocycles. The zero-order chi connectivity index (χ0) is 9.52. The van der Waals surface area contributed by atoms with Crippen LogP contribution in [0.1, 0.15) is 12.8 Å². The van der Waals surface area contributed by atoms with Gasteiger partial charge in [0.25, 0.3) is 0 Å². The maximum atomic E-state index is 8.67. The molecule has 0 bridgehead atoms. The minimum absolute atomic E-state index is 0.218. The molecular weight excluding hydrogens is 184 g/mol. The molecule has 1 heterocycles. The average Bonchev–Trinajstić information content (AvgIpc) is 2.19. The molecule has 4 heteroatoms. The Balaban J connectivity index is 2.15. The summed E-state index contributed by atoms with van der Waals surface area (Å²) in [6.45, 7) is 3.50. The van der Waals surface area contributed by atoms with Crippen molar-refractivity contribution in [3.05, 3.63) is 0 Å². The lowest BCUT2D eigenvalue weighted by molar-refractivity contribution is 0.000224. The van der Waals surface area contributed by atoms with Crippen molar-refractivity contribution in [2.45, 2.75) is 18.9 Å². The maximum Gasteiger partial charge on any atom is 0.156 e. The number of hydrogen-bond donors (Lipinski definition) is 1. The molecule has 0 radical (unpaired) electrons. The van der Waals surface area contributed by atoms with E-state index in [2.05, 4.69) is 23.6 Å². The summed E-state index contributed by atoms with van der Waals surface area (Å²) in [5.74, 6) is 0.950. The van der Waals surface area contributed by atoms with Gasteiger partial charge in [-0.25, -0.2) is 0 Å². The SMILES string of the molecule is N#CC1CN(CCCCS)CCO1. The fourth-order valence-corrected chi connectivity index (χ4v) is 1.65. The third-order valence-electron chi connectivity index (χ3n) is 2.18. The topological polar surface area (TPSA) is 36.3 Å². The first-order valence-corrected chi connectivity index (χ1v) is 5.34. The van der Waals surface area contributed by atoms with E-state index in [-0.39, 0.29) is 6.10 Å². The number of hydrogen-bond acceptors (Lipinski definition) is 4. The van der Waals surface area contributed by atoms with Gasteiger partial charge in [0.05, 0.1) is 12.7 Å². The number of unbranched alkanes of at least 4 members (excludes halogenated alkanes) is 1. The summed E-state index contributed by atoms with van der Waals surface area (Å²) < 4.78 is 5.25. The molecule has 0 aromatic heterocycles. The summed E-state index contributed by atoms with van der Waals surface area (Å²) >= 11 is 4.16. The van der Waals surface area contributed by atoms with Crippen molar-refractivity contribution in [1.82, 2.24) is 4.90 Å². The molecule has 3 nitrogen and oxygen atoms in total. The van der Waals surface area contributed by atoms with Crippen molar-refractivity contribution in [3.8, 4) is 6.07 Å². The van der Waals surface area contributed by atoms with Crippen LogP contribution in [0.25, 0.3) is 0 Å². The number of morpholine rings is 1. The molecule has 1 unspecified atom stereocenters. The van der Waals surface area contributed by atoms with Gasteiger partial charge in [-0.2, -0.15) is 17.9 Å². The summed E-state index contributed by atoms with van der Waals surface area (Å²) in [6, 6.07) is 2.15. The van der Waals surface area contributed by atoms with Gasteiger partial charge in [-0.15, -0.1) is 0 Å². The van der Waals surface area contributed by atoms with Crippen molar-refractivity contribution in [3.63, 3.8) is 0 Å². The largest absolute Gasteiger partial charge is 0.361 e. The lowest BCUT2D eigenvalue weighted by Gasteiger charge is -2.29. The lowest BCUT2D eigenvalue weighted by Crippen LogP contribution is -2.42. The molecule has 0 aliphatic carbocycles. The Kier molecular flexibility index (Phi) is 5.21. The summed E-state index contributed by atoms with van der Waals surface area (Å²) in [4.78, 5) is 2.29. The van der Waals surface area contributed by atoms with Crippen LogP contribution < -0.4 is 0 Å². The van der Waals surface area contributed by atoms with Crippen molar-refractivity contribution in [2.24, 2.45) is 0 Å². The van der Waals surface area contributed by atoms with Gasteiger partial charge in [-0.3, -0.25) is 4.90 Å². The van der Waals surface area contributed by atoms with Crippen LogP contribution in [0.3, 0.4) is 0 Å². The molecule has 1 atom stereocenters. The van der Waals surface area contributed by atoms with Gasteiger partial charge in [-0.1, -0.05) is 0 Å². The molecule has 74 valence electrons. The second kappa shape index (κ2) is 6.25. The van der Waals surface area contributed by atoms with Gasteiger partial charge in [0, 0.05) is 13.1 Å². The molecule has 0 aromatic carbocycles. The molecular formula is C9H16N2OS. The predicted octanol–water partition coefficient (Wildman–Crippen LogP) is 0.921. The van der Waals surface area contributed by atoms with Crippen LogP contribution in [0.15, 0.2) is 0 Å². The minimum atomic E-state index is -0.218. The quantitative estimate of drug-likeness (QED) is 0.541. The first-order valence-electron chi connectivity index (χ1n) is 4.71. The van der Waals surface area contributed by atoms with Crippen LogP contribution in [0.5, 0.6) is 0 Å². The third kappa shape index (κ3) is 3.99. The van der Waals surface area contributed by atoms with Crippen LogP contribution >= 0.6 is 12.6 Å². The van der Waals surface area contributed by atoms with Gasteiger partial charge in [-0.05, 0) is 25.1 Å². The second-order valence-electron chi connectivity index (χ2n) is 3.22. The van der Waals surface area contributed by atoms with E-state index in [4.69, 9.17) is 10.00 Å². The highest BCUT2D eigenvalue weighted by Gasteiger charge is 2.18.